The zero-order valence-electron chi connectivity index (χ0n) is 11.7. The Kier molecular flexibility index (Phi) is 4.02. The first-order valence-corrected chi connectivity index (χ1v) is 7.37. The topological polar surface area (TPSA) is 68.0 Å². The molecule has 110 valence electrons. The Hall–Kier alpha value is -2.47. The highest BCUT2D eigenvalue weighted by atomic mass is 79.9. The smallest absolute Gasteiger partial charge is 0.277 e. The summed E-state index contributed by atoms with van der Waals surface area (Å²) in [6.45, 7) is 1.92. The minimum absolute atomic E-state index is 0.221. The molecule has 3 aromatic rings. The average molecular weight is 358 g/mol. The summed E-state index contributed by atoms with van der Waals surface area (Å²) in [5.41, 5.74) is 2.68. The Balaban J connectivity index is 1.81. The minimum Gasteiger partial charge on any atom is -0.355 e. The van der Waals surface area contributed by atoms with Crippen LogP contribution in [0.15, 0.2) is 57.8 Å². The highest BCUT2D eigenvalue weighted by Gasteiger charge is 2.14. The van der Waals surface area contributed by atoms with Crippen molar-refractivity contribution in [1.29, 1.82) is 0 Å². The van der Waals surface area contributed by atoms with Gasteiger partial charge in [0.05, 0.1) is 0 Å². The van der Waals surface area contributed by atoms with Crippen LogP contribution in [-0.2, 0) is 0 Å². The number of aryl methyl sites for hydroxylation is 1. The minimum atomic E-state index is -0.319. The van der Waals surface area contributed by atoms with Gasteiger partial charge in [-0.1, -0.05) is 27.2 Å². The van der Waals surface area contributed by atoms with Crippen molar-refractivity contribution in [2.24, 2.45) is 0 Å². The number of carbonyl (C=O) groups is 1. The SMILES string of the molecule is Cc1ccc(Br)cc1NC(=O)c1cc(-c2cccnc2)on1. The molecule has 0 fully saturated rings. The molecule has 1 N–H and O–H groups in total. The van der Waals surface area contributed by atoms with Gasteiger partial charge in [-0.3, -0.25) is 9.78 Å². The third kappa shape index (κ3) is 3.07. The molecule has 5 nitrogen and oxygen atoms in total. The van der Waals surface area contributed by atoms with Crippen molar-refractivity contribution in [3.63, 3.8) is 0 Å². The lowest BCUT2D eigenvalue weighted by molar-refractivity contribution is 0.101. The zero-order chi connectivity index (χ0) is 15.5. The highest BCUT2D eigenvalue weighted by Crippen LogP contribution is 2.23. The predicted molar refractivity (Wildman–Crippen MR) is 86.6 cm³/mol. The standard InChI is InChI=1S/C16H12BrN3O2/c1-10-4-5-12(17)7-13(10)19-16(21)14-8-15(22-20-14)11-3-2-6-18-9-11/h2-9H,1H3,(H,19,21). The molecule has 0 spiro atoms. The van der Waals surface area contributed by atoms with Gasteiger partial charge in [-0.15, -0.1) is 0 Å². The molecule has 1 amide bonds. The maximum atomic E-state index is 12.3. The van der Waals surface area contributed by atoms with Crippen LogP contribution < -0.4 is 5.32 Å². The number of benzene rings is 1. The van der Waals surface area contributed by atoms with Crippen molar-refractivity contribution in [1.82, 2.24) is 10.1 Å². The van der Waals surface area contributed by atoms with Crippen LogP contribution in [0.5, 0.6) is 0 Å². The first kappa shape index (κ1) is 14.5. The molecule has 0 aliphatic carbocycles. The number of nitrogens with one attached hydrogen (secondary N) is 1. The van der Waals surface area contributed by atoms with Gasteiger partial charge in [-0.05, 0) is 36.8 Å². The summed E-state index contributed by atoms with van der Waals surface area (Å²) >= 11 is 3.38. The monoisotopic (exact) mass is 357 g/mol. The normalized spacial score (nSPS) is 10.5. The van der Waals surface area contributed by atoms with Gasteiger partial charge in [0.1, 0.15) is 0 Å². The number of nitrogens with zero attached hydrogens (tertiary/aromatic N) is 2. The summed E-state index contributed by atoms with van der Waals surface area (Å²) in [5.74, 6) is 0.185. The number of carbonyl (C=O) groups excluding carboxylic acids is 1. The van der Waals surface area contributed by atoms with Crippen LogP contribution in [0.1, 0.15) is 16.1 Å². The molecule has 0 aliphatic heterocycles. The Morgan fingerprint density at radius 1 is 1.27 bits per heavy atom. The Bertz CT molecular complexity index is 815. The fourth-order valence-electron chi connectivity index (χ4n) is 1.94. The molecule has 3 rings (SSSR count). The lowest BCUT2D eigenvalue weighted by Crippen LogP contribution is -2.13. The van der Waals surface area contributed by atoms with Crippen LogP contribution in [0.4, 0.5) is 5.69 Å². The number of rotatable bonds is 3. The van der Waals surface area contributed by atoms with E-state index in [1.54, 1.807) is 24.5 Å². The van der Waals surface area contributed by atoms with Gasteiger partial charge < -0.3 is 9.84 Å². The summed E-state index contributed by atoms with van der Waals surface area (Å²) in [6.07, 6.45) is 3.32. The number of pyridine rings is 1. The number of halogens is 1. The molecule has 22 heavy (non-hydrogen) atoms. The van der Waals surface area contributed by atoms with Crippen molar-refractivity contribution >= 4 is 27.5 Å². The number of aromatic nitrogens is 2. The quantitative estimate of drug-likeness (QED) is 0.767. The van der Waals surface area contributed by atoms with Gasteiger partial charge in [0.2, 0.25) is 0 Å². The van der Waals surface area contributed by atoms with Crippen LogP contribution in [0.2, 0.25) is 0 Å². The second kappa shape index (κ2) is 6.11. The van der Waals surface area contributed by atoms with E-state index in [2.05, 4.69) is 31.4 Å². The molecular formula is C16H12BrN3O2. The van der Waals surface area contributed by atoms with Gasteiger partial charge >= 0.3 is 0 Å². The molecule has 0 bridgehead atoms. The Morgan fingerprint density at radius 3 is 2.91 bits per heavy atom. The van der Waals surface area contributed by atoms with Gasteiger partial charge in [0.15, 0.2) is 11.5 Å². The third-order valence-electron chi connectivity index (χ3n) is 3.14. The molecule has 0 atom stereocenters. The molecule has 2 heterocycles. The molecule has 0 saturated heterocycles. The van der Waals surface area contributed by atoms with Crippen molar-refractivity contribution in [3.8, 4) is 11.3 Å². The van der Waals surface area contributed by atoms with E-state index < -0.39 is 0 Å². The van der Waals surface area contributed by atoms with E-state index in [0.29, 0.717) is 5.76 Å². The van der Waals surface area contributed by atoms with E-state index in [4.69, 9.17) is 4.52 Å². The fourth-order valence-corrected chi connectivity index (χ4v) is 2.30. The molecular weight excluding hydrogens is 346 g/mol. The molecule has 6 heteroatoms. The van der Waals surface area contributed by atoms with E-state index in [1.807, 2.05) is 31.2 Å². The highest BCUT2D eigenvalue weighted by molar-refractivity contribution is 9.10. The summed E-state index contributed by atoms with van der Waals surface area (Å²) in [4.78, 5) is 16.3. The zero-order valence-corrected chi connectivity index (χ0v) is 13.3. The van der Waals surface area contributed by atoms with E-state index >= 15 is 0 Å². The maximum absolute atomic E-state index is 12.3. The number of anilines is 1. The first-order chi connectivity index (χ1) is 10.6. The van der Waals surface area contributed by atoms with E-state index in [-0.39, 0.29) is 11.6 Å². The maximum Gasteiger partial charge on any atom is 0.277 e. The molecule has 1 aromatic carbocycles. The molecule has 0 radical (unpaired) electrons. The number of hydrogen-bond acceptors (Lipinski definition) is 4. The van der Waals surface area contributed by atoms with Gasteiger partial charge in [0.25, 0.3) is 5.91 Å². The second-order valence-corrected chi connectivity index (χ2v) is 5.65. The van der Waals surface area contributed by atoms with Crippen molar-refractivity contribution < 1.29 is 9.32 Å². The van der Waals surface area contributed by atoms with E-state index in [9.17, 15) is 4.79 Å². The summed E-state index contributed by atoms with van der Waals surface area (Å²) < 4.78 is 6.10. The van der Waals surface area contributed by atoms with Crippen LogP contribution in [0, 0.1) is 6.92 Å². The average Bonchev–Trinajstić information content (AvgIpc) is 3.02. The largest absolute Gasteiger partial charge is 0.355 e. The van der Waals surface area contributed by atoms with Crippen LogP contribution in [-0.4, -0.2) is 16.0 Å². The van der Waals surface area contributed by atoms with Crippen LogP contribution in [0.25, 0.3) is 11.3 Å². The summed E-state index contributed by atoms with van der Waals surface area (Å²) in [6, 6.07) is 10.9. The Morgan fingerprint density at radius 2 is 2.14 bits per heavy atom. The molecule has 0 saturated carbocycles. The second-order valence-electron chi connectivity index (χ2n) is 4.73. The van der Waals surface area contributed by atoms with Gasteiger partial charge in [-0.2, -0.15) is 0 Å². The van der Waals surface area contributed by atoms with Crippen LogP contribution >= 0.6 is 15.9 Å². The molecule has 0 aliphatic rings. The predicted octanol–water partition coefficient (Wildman–Crippen LogP) is 4.06. The molecule has 2 aromatic heterocycles. The number of amides is 1. The van der Waals surface area contributed by atoms with Crippen LogP contribution in [0.3, 0.4) is 0 Å². The lowest BCUT2D eigenvalue weighted by Gasteiger charge is -2.06. The van der Waals surface area contributed by atoms with Crippen molar-refractivity contribution in [2.45, 2.75) is 6.92 Å². The first-order valence-electron chi connectivity index (χ1n) is 6.58. The van der Waals surface area contributed by atoms with E-state index in [1.165, 1.54) is 0 Å². The molecule has 0 unspecified atom stereocenters. The van der Waals surface area contributed by atoms with Gasteiger partial charge in [-0.25, -0.2) is 0 Å². The third-order valence-corrected chi connectivity index (χ3v) is 3.63. The van der Waals surface area contributed by atoms with Crippen molar-refractivity contribution in [2.75, 3.05) is 5.32 Å². The fraction of sp³-hybridized carbons (Fsp3) is 0.0625. The van der Waals surface area contributed by atoms with E-state index in [0.717, 1.165) is 21.3 Å². The van der Waals surface area contributed by atoms with Crippen molar-refractivity contribution in [3.05, 3.63) is 64.5 Å². The van der Waals surface area contributed by atoms with Gasteiger partial charge in [0, 0.05) is 34.2 Å². The summed E-state index contributed by atoms with van der Waals surface area (Å²) in [7, 11) is 0. The lowest BCUT2D eigenvalue weighted by atomic mass is 10.2. The Labute approximate surface area is 135 Å². The summed E-state index contributed by atoms with van der Waals surface area (Å²) in [5, 5.41) is 6.64. The number of hydrogen-bond donors (Lipinski definition) is 1.